The first-order chi connectivity index (χ1) is 4.41. The van der Waals surface area contributed by atoms with E-state index in [0.29, 0.717) is 0 Å². The molecule has 0 saturated heterocycles. The van der Waals surface area contributed by atoms with Crippen LogP contribution in [0, 0.1) is 0 Å². The van der Waals surface area contributed by atoms with Gasteiger partial charge in [0.1, 0.15) is 0 Å². The van der Waals surface area contributed by atoms with Crippen LogP contribution in [0.3, 0.4) is 0 Å². The molecule has 0 aliphatic carbocycles. The zero-order valence-electron chi connectivity index (χ0n) is 6.53. The van der Waals surface area contributed by atoms with Crippen LogP contribution < -0.4 is 0 Å². The molecule has 0 spiro atoms. The van der Waals surface area contributed by atoms with Crippen LogP contribution in [0.5, 0.6) is 0 Å². The van der Waals surface area contributed by atoms with Gasteiger partial charge in [0, 0.05) is 0 Å². The molecule has 0 unspecified atom stereocenters. The first-order valence-corrected chi connectivity index (χ1v) is 4.02. The van der Waals surface area contributed by atoms with Gasteiger partial charge in [-0.3, -0.25) is 0 Å². The van der Waals surface area contributed by atoms with Crippen molar-refractivity contribution in [2.75, 3.05) is 0 Å². The van der Waals surface area contributed by atoms with Crippen molar-refractivity contribution < 1.29 is 0 Å². The van der Waals surface area contributed by atoms with Crippen molar-refractivity contribution in [1.82, 2.24) is 0 Å². The minimum atomic E-state index is 1.20. The molecular formula is H9B9. The Bertz CT molecular complexity index is 55.1. The molecule has 0 nitrogen and oxygen atoms in total. The van der Waals surface area contributed by atoms with Gasteiger partial charge in [0.05, 0.1) is 0 Å². The molecular weight excluding hydrogens is 97.3 g/mol. The van der Waals surface area contributed by atoms with Gasteiger partial charge in [-0.05, 0) is 0 Å². The molecule has 0 heterocycles. The Balaban J connectivity index is 2.66. The van der Waals surface area contributed by atoms with E-state index in [9.17, 15) is 0 Å². The van der Waals surface area contributed by atoms with Crippen LogP contribution in [0.15, 0.2) is 0 Å². The molecule has 0 bridgehead atoms. The number of rotatable bonds is 6. The van der Waals surface area contributed by atoms with Crippen LogP contribution in [0.1, 0.15) is 0 Å². The Labute approximate surface area is 64.7 Å². The van der Waals surface area contributed by atoms with E-state index in [1.165, 1.54) is 42.4 Å². The summed E-state index contributed by atoms with van der Waals surface area (Å²) >= 11 is 0. The van der Waals surface area contributed by atoms with E-state index < -0.39 is 0 Å². The van der Waals surface area contributed by atoms with Gasteiger partial charge in [0.15, 0.2) is 0 Å². The topological polar surface area (TPSA) is 0 Å². The van der Waals surface area contributed by atoms with Crippen LogP contribution in [0.2, 0.25) is 0 Å². The monoisotopic (exact) mass is 108 g/mol. The van der Waals surface area contributed by atoms with Crippen molar-refractivity contribution in [1.29, 1.82) is 0 Å². The molecule has 0 fully saturated rings. The van der Waals surface area contributed by atoms with Crippen molar-refractivity contribution in [3.8, 4) is 0 Å². The molecule has 0 aromatic rings. The van der Waals surface area contributed by atoms with Crippen molar-refractivity contribution in [2.24, 2.45) is 0 Å². The normalized spacial score (nSPS) is 6.11. The Kier molecular flexibility index (Phi) is 9.14. The third-order valence-electron chi connectivity index (χ3n) is 1.51. The predicted octanol–water partition coefficient (Wildman–Crippen LogP) is -5.84. The summed E-state index contributed by atoms with van der Waals surface area (Å²) in [6, 6.07) is 0. The maximum atomic E-state index is 3.68. The van der Waals surface area contributed by atoms with Gasteiger partial charge in [-0.1, -0.05) is 0 Å². The van der Waals surface area contributed by atoms with Gasteiger partial charge in [-0.2, -0.15) is 0 Å². The molecule has 9 heteroatoms. The standard InChI is InChI=1S/B9H9/c1-3-5-7-9-8-6-4-2/h1,4-9H,2H2. The zero-order chi connectivity index (χ0) is 6.95. The molecule has 0 aromatic carbocycles. The van der Waals surface area contributed by atoms with E-state index in [1.807, 2.05) is 6.69 Å². The SMILES string of the molecule is B=BBBBBBBB. The molecule has 0 atom stereocenters. The fourth-order valence-electron chi connectivity index (χ4n) is 0.892. The molecule has 0 aromatic heterocycles. The fourth-order valence-corrected chi connectivity index (χ4v) is 0.892. The van der Waals surface area contributed by atoms with Crippen LogP contribution in [-0.2, 0) is 0 Å². The molecule has 0 rings (SSSR count). The van der Waals surface area contributed by atoms with Gasteiger partial charge in [0.25, 0.3) is 0 Å². The summed E-state index contributed by atoms with van der Waals surface area (Å²) in [5.74, 6) is 0. The third-order valence-corrected chi connectivity index (χ3v) is 1.51. The van der Waals surface area contributed by atoms with Crippen LogP contribution >= 0.6 is 0 Å². The summed E-state index contributed by atoms with van der Waals surface area (Å²) in [5, 5.41) is 0. The van der Waals surface area contributed by atoms with Gasteiger partial charge in [-0.15, -0.1) is 0 Å². The molecule has 9 heavy (non-hydrogen) atoms. The van der Waals surface area contributed by atoms with Crippen molar-refractivity contribution in [2.45, 2.75) is 0 Å². The average molecular weight is 106 g/mol. The molecule has 0 aliphatic rings. The Hall–Kier alpha value is 0.584. The van der Waals surface area contributed by atoms with Gasteiger partial charge in [-0.25, -0.2) is 0 Å². The van der Waals surface area contributed by atoms with Gasteiger partial charge >= 0.3 is 64.2 Å². The number of hydrogen-bond acceptors (Lipinski definition) is 0. The average Bonchev–Trinajstić information content (AvgIpc) is 1.89. The van der Waals surface area contributed by atoms with Crippen LogP contribution in [-0.4, -0.2) is 64.2 Å². The van der Waals surface area contributed by atoms with Crippen molar-refractivity contribution >= 4 is 64.2 Å². The second-order valence-electron chi connectivity index (χ2n) is 2.49. The Morgan fingerprint density at radius 1 is 1.11 bits per heavy atom. The molecule has 36 valence electrons. The zero-order valence-corrected chi connectivity index (χ0v) is 6.53. The van der Waals surface area contributed by atoms with Gasteiger partial charge in [0.2, 0.25) is 0 Å². The predicted molar refractivity (Wildman–Crippen MR) is 64.3 cm³/mol. The Morgan fingerprint density at radius 3 is 2.33 bits per heavy atom. The summed E-state index contributed by atoms with van der Waals surface area (Å²) in [6.45, 7) is 2.01. The summed E-state index contributed by atoms with van der Waals surface area (Å²) in [4.78, 5) is 0. The number of hydrogen-bond donors (Lipinski definition) is 0. The van der Waals surface area contributed by atoms with E-state index in [2.05, 4.69) is 15.1 Å². The van der Waals surface area contributed by atoms with E-state index in [4.69, 9.17) is 0 Å². The fraction of sp³-hybridized carbons (Fsp3) is 0. The van der Waals surface area contributed by atoms with Crippen molar-refractivity contribution in [3.05, 3.63) is 0 Å². The maximum absolute atomic E-state index is 3.68. The van der Waals surface area contributed by atoms with Gasteiger partial charge < -0.3 is 0 Å². The van der Waals surface area contributed by atoms with E-state index >= 15 is 0 Å². The molecule has 0 aliphatic heterocycles. The first-order valence-electron chi connectivity index (χ1n) is 4.02. The second-order valence-corrected chi connectivity index (χ2v) is 2.49. The minimum absolute atomic E-state index is 1.20. The Morgan fingerprint density at radius 2 is 1.78 bits per heavy atom. The van der Waals surface area contributed by atoms with Crippen molar-refractivity contribution in [3.63, 3.8) is 0 Å². The summed E-state index contributed by atoms with van der Waals surface area (Å²) < 4.78 is 0. The summed E-state index contributed by atoms with van der Waals surface area (Å²) in [6.07, 6.45) is 0. The summed E-state index contributed by atoms with van der Waals surface area (Å²) in [5.41, 5.74) is 0. The second kappa shape index (κ2) is 8.58. The van der Waals surface area contributed by atoms with E-state index in [1.54, 1.807) is 0 Å². The van der Waals surface area contributed by atoms with Crippen LogP contribution in [0.4, 0.5) is 0 Å². The molecule has 0 N–H and O–H groups in total. The first kappa shape index (κ1) is 9.58. The van der Waals surface area contributed by atoms with E-state index in [0.717, 1.165) is 0 Å². The third kappa shape index (κ3) is 8.58. The van der Waals surface area contributed by atoms with E-state index in [-0.39, 0.29) is 0 Å². The van der Waals surface area contributed by atoms with Crippen LogP contribution in [0.25, 0.3) is 0 Å². The molecule has 0 radical (unpaired) electrons. The quantitative estimate of drug-likeness (QED) is 0.234. The molecule has 0 amide bonds. The molecule has 0 saturated carbocycles. The summed E-state index contributed by atoms with van der Waals surface area (Å²) in [7, 11) is 14.0.